The smallest absolute Gasteiger partial charge is 0.301 e. The van der Waals surface area contributed by atoms with Gasteiger partial charge in [-0.25, -0.2) is 9.37 Å². The molecular weight excluding hydrogens is 603 g/mol. The molecule has 2 N–H and O–H groups in total. The quantitative estimate of drug-likeness (QED) is 0.0967. The van der Waals surface area contributed by atoms with Crippen LogP contribution in [0.1, 0.15) is 36.9 Å². The Morgan fingerprint density at radius 1 is 1.18 bits per heavy atom. The monoisotopic (exact) mass is 626 g/mol. The third-order valence-corrected chi connectivity index (χ3v) is 8.07. The minimum atomic E-state index is -1.14. The standard InChI is InChI=1S/C29H24BrFN2O6S/c1-3-4-10-39-18-7-5-6-15(11-18)25(34)23-24(16-12-19(30)26(35)21(13-16)38-2)33(28(37)27(23)36)29-32-20-9-8-17(31)14-22(20)40-29/h5-9,11-14,24,34-35H,3-4,10H2,1-2H3. The van der Waals surface area contributed by atoms with E-state index < -0.39 is 29.3 Å². The van der Waals surface area contributed by atoms with Crippen LogP contribution in [0.5, 0.6) is 17.2 Å². The first kappa shape index (κ1) is 27.6. The molecule has 0 spiro atoms. The number of nitrogens with zero attached hydrogens (tertiary/aromatic N) is 2. The molecule has 1 aliphatic heterocycles. The molecule has 0 bridgehead atoms. The van der Waals surface area contributed by atoms with Gasteiger partial charge >= 0.3 is 5.91 Å². The van der Waals surface area contributed by atoms with Gasteiger partial charge < -0.3 is 19.7 Å². The van der Waals surface area contributed by atoms with E-state index in [0.717, 1.165) is 24.2 Å². The Morgan fingerprint density at radius 3 is 2.73 bits per heavy atom. The number of aliphatic hydroxyl groups is 1. The van der Waals surface area contributed by atoms with E-state index in [1.807, 2.05) is 6.92 Å². The molecular formula is C29H24BrFN2O6S. The van der Waals surface area contributed by atoms with Crippen LogP contribution in [0.15, 0.2) is 64.6 Å². The lowest BCUT2D eigenvalue weighted by Crippen LogP contribution is -2.29. The molecule has 1 aromatic heterocycles. The lowest BCUT2D eigenvalue weighted by atomic mass is 9.95. The molecule has 206 valence electrons. The van der Waals surface area contributed by atoms with E-state index in [2.05, 4.69) is 20.9 Å². The highest BCUT2D eigenvalue weighted by atomic mass is 79.9. The van der Waals surface area contributed by atoms with Crippen LogP contribution in [0.25, 0.3) is 16.0 Å². The first-order valence-electron chi connectivity index (χ1n) is 12.4. The van der Waals surface area contributed by atoms with Gasteiger partial charge in [0.25, 0.3) is 5.78 Å². The molecule has 1 unspecified atom stereocenters. The van der Waals surface area contributed by atoms with Crippen LogP contribution in [0.2, 0.25) is 0 Å². The number of benzene rings is 3. The van der Waals surface area contributed by atoms with Crippen LogP contribution >= 0.6 is 27.3 Å². The van der Waals surface area contributed by atoms with E-state index >= 15 is 0 Å². The summed E-state index contributed by atoms with van der Waals surface area (Å²) in [5, 5.41) is 22.0. The second kappa shape index (κ2) is 11.3. The number of rotatable bonds is 8. The normalized spacial score (nSPS) is 16.6. The Bertz CT molecular complexity index is 1670. The number of thiazole rings is 1. The number of amides is 1. The second-order valence-electron chi connectivity index (χ2n) is 9.06. The fraction of sp³-hybridized carbons (Fsp3) is 0.207. The molecule has 40 heavy (non-hydrogen) atoms. The summed E-state index contributed by atoms with van der Waals surface area (Å²) in [5.41, 5.74) is 0.917. The van der Waals surface area contributed by atoms with Crippen molar-refractivity contribution in [3.8, 4) is 17.2 Å². The topological polar surface area (TPSA) is 109 Å². The molecule has 0 radical (unpaired) electrons. The van der Waals surface area contributed by atoms with Gasteiger partial charge in [-0.2, -0.15) is 0 Å². The van der Waals surface area contributed by atoms with Crippen molar-refractivity contribution in [2.45, 2.75) is 25.8 Å². The molecule has 4 aromatic rings. The summed E-state index contributed by atoms with van der Waals surface area (Å²) in [7, 11) is 1.37. The maximum absolute atomic E-state index is 13.9. The molecule has 1 fully saturated rings. The van der Waals surface area contributed by atoms with Crippen LogP contribution in [0.3, 0.4) is 0 Å². The number of methoxy groups -OCH3 is 1. The van der Waals surface area contributed by atoms with Gasteiger partial charge in [0.05, 0.1) is 40.0 Å². The molecule has 11 heteroatoms. The number of aliphatic hydroxyl groups excluding tert-OH is 1. The number of ketones is 1. The fourth-order valence-corrected chi connectivity index (χ4v) is 5.94. The van der Waals surface area contributed by atoms with Crippen molar-refractivity contribution in [1.82, 2.24) is 4.98 Å². The van der Waals surface area contributed by atoms with Gasteiger partial charge in [-0.05, 0) is 70.4 Å². The third kappa shape index (κ3) is 5.02. The minimum absolute atomic E-state index is 0.0904. The largest absolute Gasteiger partial charge is 0.507 e. The summed E-state index contributed by atoms with van der Waals surface area (Å²) >= 11 is 4.34. The average molecular weight is 627 g/mol. The van der Waals surface area contributed by atoms with Crippen molar-refractivity contribution in [2.75, 3.05) is 18.6 Å². The number of aromatic nitrogens is 1. The first-order chi connectivity index (χ1) is 19.2. The number of carbonyl (C=O) groups is 2. The summed E-state index contributed by atoms with van der Waals surface area (Å²) in [6, 6.07) is 12.6. The Hall–Kier alpha value is -3.96. The van der Waals surface area contributed by atoms with Crippen molar-refractivity contribution in [2.24, 2.45) is 0 Å². The Kier molecular flexibility index (Phi) is 7.77. The molecule has 1 atom stereocenters. The molecule has 0 aliphatic carbocycles. The molecule has 0 saturated carbocycles. The van der Waals surface area contributed by atoms with Gasteiger partial charge in [-0.3, -0.25) is 14.5 Å². The SMILES string of the molecule is CCCCOc1cccc(C(O)=C2C(=O)C(=O)N(c3nc4ccc(F)cc4s3)C2c2cc(Br)c(O)c(OC)c2)c1. The predicted octanol–water partition coefficient (Wildman–Crippen LogP) is 6.72. The minimum Gasteiger partial charge on any atom is -0.507 e. The predicted molar refractivity (Wildman–Crippen MR) is 154 cm³/mol. The number of aromatic hydroxyl groups is 1. The van der Waals surface area contributed by atoms with Gasteiger partial charge in [-0.15, -0.1) is 0 Å². The highest BCUT2D eigenvalue weighted by Crippen LogP contribution is 2.47. The van der Waals surface area contributed by atoms with Gasteiger partial charge in [0.2, 0.25) is 0 Å². The Labute approximate surface area is 241 Å². The zero-order valence-electron chi connectivity index (χ0n) is 21.5. The van der Waals surface area contributed by atoms with Crippen molar-refractivity contribution >= 4 is 60.1 Å². The Morgan fingerprint density at radius 2 is 1.98 bits per heavy atom. The number of phenols is 1. The summed E-state index contributed by atoms with van der Waals surface area (Å²) < 4.78 is 25.7. The molecule has 8 nitrogen and oxygen atoms in total. The van der Waals surface area contributed by atoms with E-state index in [1.54, 1.807) is 24.3 Å². The number of hydrogen-bond donors (Lipinski definition) is 2. The van der Waals surface area contributed by atoms with E-state index in [4.69, 9.17) is 9.47 Å². The maximum atomic E-state index is 13.9. The summed E-state index contributed by atoms with van der Waals surface area (Å²) in [6.45, 7) is 2.54. The molecule has 3 aromatic carbocycles. The first-order valence-corrected chi connectivity index (χ1v) is 14.0. The van der Waals surface area contributed by atoms with E-state index in [9.17, 15) is 24.2 Å². The molecule has 1 saturated heterocycles. The van der Waals surface area contributed by atoms with Gasteiger partial charge in [0.1, 0.15) is 17.3 Å². The van der Waals surface area contributed by atoms with Gasteiger partial charge in [-0.1, -0.05) is 36.8 Å². The Balaban J connectivity index is 1.70. The number of phenolic OH excluding ortho intramolecular Hbond substituents is 1. The molecule has 5 rings (SSSR count). The molecule has 2 heterocycles. The summed E-state index contributed by atoms with van der Waals surface area (Å²) in [4.78, 5) is 32.7. The van der Waals surface area contributed by atoms with Crippen LogP contribution < -0.4 is 14.4 Å². The third-order valence-electron chi connectivity index (χ3n) is 6.45. The number of carbonyl (C=O) groups excluding carboxylic acids is 2. The summed E-state index contributed by atoms with van der Waals surface area (Å²) in [6.07, 6.45) is 1.80. The highest BCUT2D eigenvalue weighted by Gasteiger charge is 2.48. The number of fused-ring (bicyclic) bond motifs is 1. The number of hydrogen-bond acceptors (Lipinski definition) is 8. The number of anilines is 1. The van der Waals surface area contributed by atoms with E-state index in [-0.39, 0.29) is 32.2 Å². The summed E-state index contributed by atoms with van der Waals surface area (Å²) in [5.74, 6) is -2.27. The van der Waals surface area contributed by atoms with Crippen LogP contribution in [-0.4, -0.2) is 40.6 Å². The number of halogens is 2. The lowest BCUT2D eigenvalue weighted by molar-refractivity contribution is -0.132. The van der Waals surface area contributed by atoms with Crippen molar-refractivity contribution in [3.05, 3.63) is 81.6 Å². The zero-order valence-corrected chi connectivity index (χ0v) is 23.9. The van der Waals surface area contributed by atoms with Crippen LogP contribution in [0.4, 0.5) is 9.52 Å². The van der Waals surface area contributed by atoms with Crippen molar-refractivity contribution in [1.29, 1.82) is 0 Å². The van der Waals surface area contributed by atoms with Crippen LogP contribution in [0, 0.1) is 5.82 Å². The van der Waals surface area contributed by atoms with Gasteiger partial charge in [0, 0.05) is 5.56 Å². The van der Waals surface area contributed by atoms with E-state index in [1.165, 1.54) is 42.3 Å². The lowest BCUT2D eigenvalue weighted by Gasteiger charge is -2.24. The van der Waals surface area contributed by atoms with E-state index in [0.29, 0.717) is 28.1 Å². The average Bonchev–Trinajstić information content (AvgIpc) is 3.47. The zero-order chi connectivity index (χ0) is 28.6. The fourth-order valence-electron chi connectivity index (χ4n) is 4.46. The number of unbranched alkanes of at least 4 members (excludes halogenated alkanes) is 1. The maximum Gasteiger partial charge on any atom is 0.301 e. The molecule has 1 amide bonds. The van der Waals surface area contributed by atoms with Crippen molar-refractivity contribution < 1.29 is 33.7 Å². The second-order valence-corrected chi connectivity index (χ2v) is 10.9. The molecule has 1 aliphatic rings. The van der Waals surface area contributed by atoms with Crippen LogP contribution in [-0.2, 0) is 9.59 Å². The number of ether oxygens (including phenoxy) is 2. The van der Waals surface area contributed by atoms with Crippen molar-refractivity contribution in [3.63, 3.8) is 0 Å². The highest BCUT2D eigenvalue weighted by molar-refractivity contribution is 9.10. The van der Waals surface area contributed by atoms with Gasteiger partial charge in [0.15, 0.2) is 16.6 Å². The number of Topliss-reactive ketones (excluding diaryl/α,β-unsaturated/α-hetero) is 1.